The van der Waals surface area contributed by atoms with Gasteiger partial charge < -0.3 is 15.7 Å². The SMILES string of the molecule is Cc1c(Br)cccc1NC(=O)N[C@H](CO)c1ccccc1. The lowest BCUT2D eigenvalue weighted by Gasteiger charge is -2.18. The first-order valence-corrected chi connectivity index (χ1v) is 7.39. The monoisotopic (exact) mass is 348 g/mol. The van der Waals surface area contributed by atoms with E-state index in [2.05, 4.69) is 26.6 Å². The summed E-state index contributed by atoms with van der Waals surface area (Å²) in [6.07, 6.45) is 0. The van der Waals surface area contributed by atoms with Crippen LogP contribution in [0.2, 0.25) is 0 Å². The number of anilines is 1. The van der Waals surface area contributed by atoms with Crippen LogP contribution in [0.4, 0.5) is 10.5 Å². The van der Waals surface area contributed by atoms with Crippen LogP contribution in [-0.2, 0) is 0 Å². The van der Waals surface area contributed by atoms with Crippen LogP contribution < -0.4 is 10.6 Å². The van der Waals surface area contributed by atoms with Gasteiger partial charge in [0.1, 0.15) is 0 Å². The van der Waals surface area contributed by atoms with Gasteiger partial charge in [0.25, 0.3) is 0 Å². The second-order valence-corrected chi connectivity index (χ2v) is 5.51. The molecule has 4 nitrogen and oxygen atoms in total. The zero-order chi connectivity index (χ0) is 15.2. The summed E-state index contributed by atoms with van der Waals surface area (Å²) in [4.78, 5) is 12.1. The van der Waals surface area contributed by atoms with Crippen molar-refractivity contribution in [2.75, 3.05) is 11.9 Å². The van der Waals surface area contributed by atoms with Gasteiger partial charge in [-0.1, -0.05) is 52.3 Å². The normalized spacial score (nSPS) is 11.8. The summed E-state index contributed by atoms with van der Waals surface area (Å²) >= 11 is 3.43. The lowest BCUT2D eigenvalue weighted by atomic mass is 10.1. The average Bonchev–Trinajstić information content (AvgIpc) is 2.50. The number of urea groups is 1. The molecule has 0 aliphatic heterocycles. The van der Waals surface area contributed by atoms with Gasteiger partial charge in [0.2, 0.25) is 0 Å². The van der Waals surface area contributed by atoms with E-state index in [0.717, 1.165) is 21.3 Å². The summed E-state index contributed by atoms with van der Waals surface area (Å²) < 4.78 is 0.932. The summed E-state index contributed by atoms with van der Waals surface area (Å²) in [7, 11) is 0. The van der Waals surface area contributed by atoms with Crippen molar-refractivity contribution in [3.8, 4) is 0 Å². The average molecular weight is 349 g/mol. The first-order valence-electron chi connectivity index (χ1n) is 6.60. The van der Waals surface area contributed by atoms with Crippen molar-refractivity contribution in [3.05, 3.63) is 64.1 Å². The van der Waals surface area contributed by atoms with E-state index in [9.17, 15) is 9.90 Å². The minimum absolute atomic E-state index is 0.158. The number of carbonyl (C=O) groups is 1. The minimum Gasteiger partial charge on any atom is -0.394 e. The van der Waals surface area contributed by atoms with Crippen molar-refractivity contribution >= 4 is 27.6 Å². The van der Waals surface area contributed by atoms with E-state index >= 15 is 0 Å². The van der Waals surface area contributed by atoms with Gasteiger partial charge in [-0.25, -0.2) is 4.79 Å². The third-order valence-corrected chi connectivity index (χ3v) is 4.06. The van der Waals surface area contributed by atoms with Gasteiger partial charge in [0.05, 0.1) is 12.6 Å². The van der Waals surface area contributed by atoms with Crippen molar-refractivity contribution in [1.82, 2.24) is 5.32 Å². The molecule has 2 aromatic carbocycles. The zero-order valence-electron chi connectivity index (χ0n) is 11.6. The third-order valence-electron chi connectivity index (χ3n) is 3.21. The van der Waals surface area contributed by atoms with Crippen molar-refractivity contribution in [3.63, 3.8) is 0 Å². The number of aliphatic hydroxyl groups excluding tert-OH is 1. The van der Waals surface area contributed by atoms with Crippen molar-refractivity contribution in [2.24, 2.45) is 0 Å². The fraction of sp³-hybridized carbons (Fsp3) is 0.188. The number of rotatable bonds is 4. The number of aliphatic hydroxyl groups is 1. The van der Waals surface area contributed by atoms with E-state index in [1.165, 1.54) is 0 Å². The molecule has 3 N–H and O–H groups in total. The zero-order valence-corrected chi connectivity index (χ0v) is 13.2. The van der Waals surface area contributed by atoms with Crippen molar-refractivity contribution in [2.45, 2.75) is 13.0 Å². The fourth-order valence-electron chi connectivity index (χ4n) is 1.98. The van der Waals surface area contributed by atoms with E-state index in [4.69, 9.17) is 0 Å². The Balaban J connectivity index is 2.05. The summed E-state index contributed by atoms with van der Waals surface area (Å²) in [6, 6.07) is 14.2. The second-order valence-electron chi connectivity index (χ2n) is 4.66. The Morgan fingerprint density at radius 3 is 2.57 bits per heavy atom. The molecule has 0 aromatic heterocycles. The number of carbonyl (C=O) groups excluding carboxylic acids is 1. The Kier molecular flexibility index (Phi) is 5.36. The van der Waals surface area contributed by atoms with E-state index < -0.39 is 6.04 Å². The molecule has 0 aliphatic carbocycles. The van der Waals surface area contributed by atoms with Gasteiger partial charge in [-0.2, -0.15) is 0 Å². The maximum Gasteiger partial charge on any atom is 0.319 e. The Hall–Kier alpha value is -1.85. The highest BCUT2D eigenvalue weighted by molar-refractivity contribution is 9.10. The molecule has 21 heavy (non-hydrogen) atoms. The summed E-state index contributed by atoms with van der Waals surface area (Å²) in [5, 5.41) is 15.0. The summed E-state index contributed by atoms with van der Waals surface area (Å²) in [6.45, 7) is 1.76. The van der Waals surface area contributed by atoms with Crippen LogP contribution in [0.25, 0.3) is 0 Å². The van der Waals surface area contributed by atoms with Gasteiger partial charge in [-0.3, -0.25) is 0 Å². The van der Waals surface area contributed by atoms with Crippen molar-refractivity contribution in [1.29, 1.82) is 0 Å². The number of hydrogen-bond acceptors (Lipinski definition) is 2. The number of benzene rings is 2. The van der Waals surface area contributed by atoms with E-state index in [1.54, 1.807) is 0 Å². The third kappa shape index (κ3) is 4.06. The molecule has 2 amide bonds. The number of hydrogen-bond donors (Lipinski definition) is 3. The van der Waals surface area contributed by atoms with Gasteiger partial charge in [0, 0.05) is 10.2 Å². The molecule has 0 radical (unpaired) electrons. The van der Waals surface area contributed by atoms with Crippen LogP contribution in [-0.4, -0.2) is 17.7 Å². The van der Waals surface area contributed by atoms with Gasteiger partial charge in [-0.15, -0.1) is 0 Å². The molecule has 110 valence electrons. The molecule has 0 fully saturated rings. The first kappa shape index (κ1) is 15.5. The summed E-state index contributed by atoms with van der Waals surface area (Å²) in [5.74, 6) is 0. The van der Waals surface area contributed by atoms with Crippen LogP contribution in [0, 0.1) is 6.92 Å². The van der Waals surface area contributed by atoms with Gasteiger partial charge in [-0.05, 0) is 30.2 Å². The highest BCUT2D eigenvalue weighted by Crippen LogP contribution is 2.23. The number of nitrogens with one attached hydrogen (secondary N) is 2. The van der Waals surface area contributed by atoms with Gasteiger partial charge >= 0.3 is 6.03 Å². The molecule has 0 unspecified atom stereocenters. The number of amides is 2. The highest BCUT2D eigenvalue weighted by Gasteiger charge is 2.14. The Labute approximate surface area is 132 Å². The van der Waals surface area contributed by atoms with Crippen LogP contribution in [0.1, 0.15) is 17.2 Å². The van der Waals surface area contributed by atoms with Crippen LogP contribution in [0.5, 0.6) is 0 Å². The molecular weight excluding hydrogens is 332 g/mol. The van der Waals surface area contributed by atoms with E-state index in [0.29, 0.717) is 0 Å². The predicted molar refractivity (Wildman–Crippen MR) is 87.3 cm³/mol. The Morgan fingerprint density at radius 1 is 1.19 bits per heavy atom. The number of halogens is 1. The smallest absolute Gasteiger partial charge is 0.319 e. The van der Waals surface area contributed by atoms with E-state index in [1.807, 2.05) is 55.5 Å². The minimum atomic E-state index is -0.432. The lowest BCUT2D eigenvalue weighted by Crippen LogP contribution is -2.34. The molecular formula is C16H17BrN2O2. The Morgan fingerprint density at radius 2 is 1.90 bits per heavy atom. The Bertz CT molecular complexity index is 617. The molecule has 0 spiro atoms. The molecule has 2 rings (SSSR count). The molecule has 5 heteroatoms. The van der Waals surface area contributed by atoms with Crippen molar-refractivity contribution < 1.29 is 9.90 Å². The largest absolute Gasteiger partial charge is 0.394 e. The molecule has 2 aromatic rings. The molecule has 0 bridgehead atoms. The van der Waals surface area contributed by atoms with Crippen LogP contribution in [0.15, 0.2) is 53.0 Å². The summed E-state index contributed by atoms with van der Waals surface area (Å²) in [5.41, 5.74) is 2.54. The quantitative estimate of drug-likeness (QED) is 0.790. The van der Waals surface area contributed by atoms with Crippen LogP contribution >= 0.6 is 15.9 Å². The maximum atomic E-state index is 12.1. The van der Waals surface area contributed by atoms with E-state index in [-0.39, 0.29) is 12.6 Å². The predicted octanol–water partition coefficient (Wildman–Crippen LogP) is 3.61. The van der Waals surface area contributed by atoms with Gasteiger partial charge in [0.15, 0.2) is 0 Å². The standard InChI is InChI=1S/C16H17BrN2O2/c1-11-13(17)8-5-9-14(11)18-16(21)19-15(10-20)12-6-3-2-4-7-12/h2-9,15,20H,10H2,1H3,(H2,18,19,21)/t15-/m1/s1. The topological polar surface area (TPSA) is 61.4 Å². The molecule has 0 saturated heterocycles. The van der Waals surface area contributed by atoms with Crippen LogP contribution in [0.3, 0.4) is 0 Å². The highest BCUT2D eigenvalue weighted by atomic mass is 79.9. The second kappa shape index (κ2) is 7.24. The maximum absolute atomic E-state index is 12.1. The lowest BCUT2D eigenvalue weighted by molar-refractivity contribution is 0.225. The first-order chi connectivity index (χ1) is 10.1. The molecule has 0 aliphatic rings. The molecule has 0 heterocycles. The molecule has 0 saturated carbocycles. The fourth-order valence-corrected chi connectivity index (χ4v) is 2.35. The molecule has 1 atom stereocenters.